The molecule has 0 bridgehead atoms. The van der Waals surface area contributed by atoms with E-state index >= 15 is 0 Å². The van der Waals surface area contributed by atoms with Crippen molar-refractivity contribution in [1.82, 2.24) is 5.32 Å². The first-order chi connectivity index (χ1) is 11.0. The first-order valence-corrected chi connectivity index (χ1v) is 8.33. The van der Waals surface area contributed by atoms with Crippen molar-refractivity contribution in [2.45, 2.75) is 52.0 Å². The summed E-state index contributed by atoms with van der Waals surface area (Å²) in [5, 5.41) is 3.57. The highest BCUT2D eigenvalue weighted by atomic mass is 35.5. The third-order valence-corrected chi connectivity index (χ3v) is 4.25. The van der Waals surface area contributed by atoms with Gasteiger partial charge in [-0.2, -0.15) is 0 Å². The Balaban J connectivity index is 2.25. The van der Waals surface area contributed by atoms with Crippen molar-refractivity contribution < 1.29 is 4.39 Å². The van der Waals surface area contributed by atoms with Crippen molar-refractivity contribution in [3.63, 3.8) is 0 Å². The molecule has 0 aromatic rings. The molecule has 2 rings (SSSR count). The van der Waals surface area contributed by atoms with Crippen molar-refractivity contribution >= 4 is 22.6 Å². The molecule has 124 valence electrons. The van der Waals surface area contributed by atoms with Crippen LogP contribution in [0.1, 0.15) is 46.0 Å². The average molecular weight is 336 g/mol. The van der Waals surface area contributed by atoms with Crippen LogP contribution < -0.4 is 5.32 Å². The van der Waals surface area contributed by atoms with Gasteiger partial charge in [-0.1, -0.05) is 30.3 Å². The summed E-state index contributed by atoms with van der Waals surface area (Å²) in [6, 6.07) is -0.0580. The molecule has 0 fully saturated rings. The van der Waals surface area contributed by atoms with Crippen LogP contribution in [0.15, 0.2) is 57.6 Å². The van der Waals surface area contributed by atoms with Gasteiger partial charge < -0.3 is 5.32 Å². The molecule has 0 aromatic carbocycles. The Morgan fingerprint density at radius 2 is 2.30 bits per heavy atom. The zero-order valence-electron chi connectivity index (χ0n) is 13.7. The van der Waals surface area contributed by atoms with E-state index < -0.39 is 0 Å². The molecule has 1 unspecified atom stereocenters. The molecular weight excluding hydrogens is 313 g/mol. The fraction of sp³-hybridized carbons (Fsp3) is 0.444. The lowest BCUT2D eigenvalue weighted by Gasteiger charge is -2.15. The average Bonchev–Trinajstić information content (AvgIpc) is 2.84. The number of hydrogen-bond acceptors (Lipinski definition) is 3. The predicted octanol–water partition coefficient (Wildman–Crippen LogP) is 5.18. The molecule has 0 saturated heterocycles. The Hall–Kier alpha value is -1.68. The number of rotatable bonds is 3. The smallest absolute Gasteiger partial charge is 0.148 e. The minimum absolute atomic E-state index is 0.0580. The highest BCUT2D eigenvalue weighted by Crippen LogP contribution is 2.29. The number of aliphatic imine (C=N–C) groups is 2. The molecule has 2 heterocycles. The van der Waals surface area contributed by atoms with E-state index in [-0.39, 0.29) is 11.9 Å². The lowest BCUT2D eigenvalue weighted by Crippen LogP contribution is -2.16. The number of halogens is 2. The lowest BCUT2D eigenvalue weighted by atomic mass is 9.95. The summed E-state index contributed by atoms with van der Waals surface area (Å²) in [6.07, 6.45) is 9.18. The first kappa shape index (κ1) is 17.7. The lowest BCUT2D eigenvalue weighted by molar-refractivity contribution is 0.640. The summed E-state index contributed by atoms with van der Waals surface area (Å²) >= 11 is 5.99. The Labute approximate surface area is 142 Å². The summed E-state index contributed by atoms with van der Waals surface area (Å²) in [5.41, 5.74) is 2.36. The van der Waals surface area contributed by atoms with E-state index in [1.54, 1.807) is 0 Å². The van der Waals surface area contributed by atoms with Gasteiger partial charge in [-0.3, -0.25) is 4.99 Å². The maximum atomic E-state index is 14.6. The number of hydrogen-bond donors (Lipinski definition) is 1. The van der Waals surface area contributed by atoms with Crippen molar-refractivity contribution in [3.05, 3.63) is 47.6 Å². The molecule has 0 spiro atoms. The van der Waals surface area contributed by atoms with Gasteiger partial charge in [0.25, 0.3) is 0 Å². The molecule has 0 aliphatic carbocycles. The van der Waals surface area contributed by atoms with Gasteiger partial charge in [-0.15, -0.1) is 0 Å². The summed E-state index contributed by atoms with van der Waals surface area (Å²) in [7, 11) is 0. The van der Waals surface area contributed by atoms with Gasteiger partial charge in [0.2, 0.25) is 0 Å². The molecule has 0 radical (unpaired) electrons. The molecule has 1 N–H and O–H groups in total. The van der Waals surface area contributed by atoms with E-state index in [0.717, 1.165) is 36.4 Å². The second kappa shape index (κ2) is 8.25. The molecular formula is C18H23ClFN3. The Bertz CT molecular complexity index is 626. The van der Waals surface area contributed by atoms with Crippen LogP contribution >= 0.6 is 11.6 Å². The highest BCUT2D eigenvalue weighted by molar-refractivity contribution is 6.65. The van der Waals surface area contributed by atoms with Crippen LogP contribution in [0, 0.1) is 0 Å². The van der Waals surface area contributed by atoms with Gasteiger partial charge in [-0.05, 0) is 38.7 Å². The minimum atomic E-state index is -0.351. The number of amidine groups is 1. The van der Waals surface area contributed by atoms with E-state index in [2.05, 4.69) is 21.9 Å². The summed E-state index contributed by atoms with van der Waals surface area (Å²) in [6.45, 7) is 7.81. The van der Waals surface area contributed by atoms with E-state index in [0.29, 0.717) is 23.6 Å². The largest absolute Gasteiger partial charge is 0.346 e. The number of nitrogens with one attached hydrogen (secondary N) is 1. The van der Waals surface area contributed by atoms with E-state index in [1.165, 1.54) is 6.20 Å². The van der Waals surface area contributed by atoms with Crippen LogP contribution in [-0.4, -0.2) is 17.0 Å². The van der Waals surface area contributed by atoms with Crippen LogP contribution in [0.3, 0.4) is 0 Å². The van der Waals surface area contributed by atoms with Crippen molar-refractivity contribution in [1.29, 1.82) is 0 Å². The van der Waals surface area contributed by atoms with Crippen molar-refractivity contribution in [3.8, 4) is 0 Å². The maximum absolute atomic E-state index is 14.6. The zero-order valence-corrected chi connectivity index (χ0v) is 14.5. The molecule has 2 aliphatic rings. The number of nitrogens with zero attached hydrogens (tertiary/aromatic N) is 2. The summed E-state index contributed by atoms with van der Waals surface area (Å²) in [4.78, 5) is 8.52. The Kier molecular flexibility index (Phi) is 6.34. The Morgan fingerprint density at radius 1 is 1.52 bits per heavy atom. The predicted molar refractivity (Wildman–Crippen MR) is 96.6 cm³/mol. The van der Waals surface area contributed by atoms with Gasteiger partial charge in [0.1, 0.15) is 11.0 Å². The molecule has 0 amide bonds. The second-order valence-corrected chi connectivity index (χ2v) is 6.18. The third-order valence-electron chi connectivity index (χ3n) is 3.96. The van der Waals surface area contributed by atoms with Crippen molar-refractivity contribution in [2.75, 3.05) is 0 Å². The molecule has 1 atom stereocenters. The summed E-state index contributed by atoms with van der Waals surface area (Å²) < 4.78 is 14.6. The van der Waals surface area contributed by atoms with Gasteiger partial charge in [0.15, 0.2) is 0 Å². The molecule has 2 aliphatic heterocycles. The topological polar surface area (TPSA) is 36.8 Å². The van der Waals surface area contributed by atoms with Crippen LogP contribution in [0.5, 0.6) is 0 Å². The monoisotopic (exact) mass is 335 g/mol. The van der Waals surface area contributed by atoms with E-state index in [1.807, 2.05) is 26.0 Å². The van der Waals surface area contributed by atoms with Gasteiger partial charge in [-0.25, -0.2) is 9.38 Å². The Morgan fingerprint density at radius 3 is 2.96 bits per heavy atom. The number of allylic oxidation sites excluding steroid dienone is 4. The van der Waals surface area contributed by atoms with Gasteiger partial charge in [0, 0.05) is 24.1 Å². The van der Waals surface area contributed by atoms with E-state index in [9.17, 15) is 4.39 Å². The quantitative estimate of drug-likeness (QED) is 0.758. The van der Waals surface area contributed by atoms with E-state index in [4.69, 9.17) is 11.6 Å². The SMILES string of the molecule is C=C1NC(C)=NC1CC(=C\C)/C1=C\CCCCC(Cl)=NC=C1F. The fourth-order valence-electron chi connectivity index (χ4n) is 2.72. The minimum Gasteiger partial charge on any atom is -0.346 e. The molecule has 23 heavy (non-hydrogen) atoms. The van der Waals surface area contributed by atoms with Crippen LogP contribution in [0.25, 0.3) is 0 Å². The van der Waals surface area contributed by atoms with Crippen molar-refractivity contribution in [2.24, 2.45) is 9.98 Å². The maximum Gasteiger partial charge on any atom is 0.148 e. The fourth-order valence-corrected chi connectivity index (χ4v) is 2.91. The van der Waals surface area contributed by atoms with Gasteiger partial charge in [0.05, 0.1) is 18.1 Å². The first-order valence-electron chi connectivity index (χ1n) is 7.95. The third kappa shape index (κ3) is 4.90. The molecule has 0 saturated carbocycles. The second-order valence-electron chi connectivity index (χ2n) is 5.74. The molecule has 5 heteroatoms. The van der Waals surface area contributed by atoms with Crippen LogP contribution in [0.2, 0.25) is 0 Å². The highest BCUT2D eigenvalue weighted by Gasteiger charge is 2.22. The molecule has 0 aromatic heterocycles. The standard InChI is InChI=1S/C18H23ClFN3/c1-4-14(10-17-12(2)22-13(3)23-17)15-8-6-5-7-9-18(19)21-11-16(15)20/h4,8,11,17H,2,5-7,9-10H2,1,3H3,(H,22,23)/b14-4+,15-8+,16-11?,21-18?. The van der Waals surface area contributed by atoms with Gasteiger partial charge >= 0.3 is 0 Å². The molecule has 3 nitrogen and oxygen atoms in total. The summed E-state index contributed by atoms with van der Waals surface area (Å²) in [5.74, 6) is 0.498. The van der Waals surface area contributed by atoms with Crippen LogP contribution in [-0.2, 0) is 0 Å². The zero-order chi connectivity index (χ0) is 16.8. The normalized spacial score (nSPS) is 25.8. The van der Waals surface area contributed by atoms with Crippen LogP contribution in [0.4, 0.5) is 4.39 Å².